The van der Waals surface area contributed by atoms with Crippen molar-refractivity contribution in [2.75, 3.05) is 7.11 Å². The minimum Gasteiger partial charge on any atom is -0.464 e. The van der Waals surface area contributed by atoms with E-state index in [0.717, 1.165) is 4.57 Å². The number of carbonyl (C=O) groups excluding carboxylic acids is 2. The van der Waals surface area contributed by atoms with Crippen LogP contribution in [-0.4, -0.2) is 23.6 Å². The van der Waals surface area contributed by atoms with E-state index in [2.05, 4.69) is 4.74 Å². The molecule has 0 aromatic carbocycles. The van der Waals surface area contributed by atoms with E-state index in [4.69, 9.17) is 5.73 Å². The minimum absolute atomic E-state index is 0.00352. The maximum absolute atomic E-state index is 11.3. The summed E-state index contributed by atoms with van der Waals surface area (Å²) in [5.41, 5.74) is 4.48. The second-order valence-corrected chi connectivity index (χ2v) is 2.79. The fraction of sp³-hybridized carbons (Fsp3) is 0.222. The Hall–Kier alpha value is -2.11. The van der Waals surface area contributed by atoms with Gasteiger partial charge in [-0.2, -0.15) is 0 Å². The van der Waals surface area contributed by atoms with Crippen LogP contribution in [0.25, 0.3) is 0 Å². The molecule has 1 aromatic rings. The fourth-order valence-electron chi connectivity index (χ4n) is 1.12. The molecule has 1 heterocycles. The number of primary amides is 1. The van der Waals surface area contributed by atoms with Gasteiger partial charge < -0.3 is 10.5 Å². The zero-order chi connectivity index (χ0) is 11.4. The number of rotatable bonds is 3. The topological polar surface area (TPSA) is 91.4 Å². The van der Waals surface area contributed by atoms with E-state index in [-0.39, 0.29) is 12.2 Å². The molecule has 15 heavy (non-hydrogen) atoms. The van der Waals surface area contributed by atoms with Crippen LogP contribution in [-0.2, 0) is 16.1 Å². The molecule has 0 spiro atoms. The van der Waals surface area contributed by atoms with Crippen molar-refractivity contribution in [2.45, 2.75) is 6.54 Å². The van der Waals surface area contributed by atoms with Crippen LogP contribution in [0.2, 0.25) is 0 Å². The predicted molar refractivity (Wildman–Crippen MR) is 51.2 cm³/mol. The third-order valence-electron chi connectivity index (χ3n) is 1.76. The third-order valence-corrected chi connectivity index (χ3v) is 1.76. The largest absolute Gasteiger partial charge is 0.464 e. The van der Waals surface area contributed by atoms with Crippen LogP contribution in [0.3, 0.4) is 0 Å². The van der Waals surface area contributed by atoms with Gasteiger partial charge in [-0.15, -0.1) is 0 Å². The number of nitrogens with zero attached hydrogens (tertiary/aromatic N) is 1. The Labute approximate surface area is 85.3 Å². The maximum atomic E-state index is 11.3. The summed E-state index contributed by atoms with van der Waals surface area (Å²) in [6.07, 6.45) is 0. The van der Waals surface area contributed by atoms with Gasteiger partial charge in [0.2, 0.25) is 5.91 Å². The van der Waals surface area contributed by atoms with Crippen molar-refractivity contribution >= 4 is 11.9 Å². The van der Waals surface area contributed by atoms with Gasteiger partial charge in [0.05, 0.1) is 7.11 Å². The molecule has 6 heteroatoms. The molecule has 1 amide bonds. The lowest BCUT2D eigenvalue weighted by Gasteiger charge is -2.08. The number of nitrogens with two attached hydrogens (primary N) is 1. The first kappa shape index (κ1) is 11.0. The molecule has 0 aliphatic rings. The van der Waals surface area contributed by atoms with Gasteiger partial charge >= 0.3 is 5.97 Å². The summed E-state index contributed by atoms with van der Waals surface area (Å²) in [7, 11) is 1.19. The van der Waals surface area contributed by atoms with Crippen molar-refractivity contribution < 1.29 is 14.3 Å². The number of amides is 1. The summed E-state index contributed by atoms with van der Waals surface area (Å²) >= 11 is 0. The molecule has 0 atom stereocenters. The van der Waals surface area contributed by atoms with E-state index in [1.807, 2.05) is 0 Å². The normalized spacial score (nSPS) is 9.67. The standard InChI is InChI=1S/C9H10N2O4/c1-15-9(14)6-3-2-4-8(13)11(6)5-7(10)12/h2-4H,5H2,1H3,(H2,10,12). The minimum atomic E-state index is -0.701. The highest BCUT2D eigenvalue weighted by molar-refractivity contribution is 5.88. The van der Waals surface area contributed by atoms with Gasteiger partial charge in [-0.1, -0.05) is 6.07 Å². The van der Waals surface area contributed by atoms with Crippen LogP contribution >= 0.6 is 0 Å². The molecule has 0 saturated heterocycles. The lowest BCUT2D eigenvalue weighted by atomic mass is 10.3. The molecule has 1 rings (SSSR count). The van der Waals surface area contributed by atoms with Crippen molar-refractivity contribution in [3.05, 3.63) is 34.2 Å². The average Bonchev–Trinajstić information content (AvgIpc) is 2.19. The van der Waals surface area contributed by atoms with Gasteiger partial charge in [-0.05, 0) is 6.07 Å². The Morgan fingerprint density at radius 2 is 2.13 bits per heavy atom. The van der Waals surface area contributed by atoms with Crippen LogP contribution in [0.5, 0.6) is 0 Å². The summed E-state index contributed by atoms with van der Waals surface area (Å²) in [4.78, 5) is 33.3. The number of carbonyl (C=O) groups is 2. The van der Waals surface area contributed by atoms with E-state index in [9.17, 15) is 14.4 Å². The molecule has 0 radical (unpaired) electrons. The quantitative estimate of drug-likeness (QED) is 0.656. The zero-order valence-electron chi connectivity index (χ0n) is 8.10. The Bertz CT molecular complexity index is 450. The molecule has 0 aliphatic carbocycles. The highest BCUT2D eigenvalue weighted by Gasteiger charge is 2.13. The second-order valence-electron chi connectivity index (χ2n) is 2.79. The number of hydrogen-bond donors (Lipinski definition) is 1. The molecular weight excluding hydrogens is 200 g/mol. The summed E-state index contributed by atoms with van der Waals surface area (Å²) in [6.45, 7) is -0.343. The smallest absolute Gasteiger partial charge is 0.354 e. The number of hydrogen-bond acceptors (Lipinski definition) is 4. The number of pyridine rings is 1. The predicted octanol–water partition coefficient (Wildman–Crippen LogP) is -0.880. The fourth-order valence-corrected chi connectivity index (χ4v) is 1.12. The summed E-state index contributed by atoms with van der Waals surface area (Å²) in [5, 5.41) is 0. The maximum Gasteiger partial charge on any atom is 0.354 e. The van der Waals surface area contributed by atoms with Crippen LogP contribution < -0.4 is 11.3 Å². The monoisotopic (exact) mass is 210 g/mol. The molecule has 0 aliphatic heterocycles. The number of ether oxygens (including phenoxy) is 1. The van der Waals surface area contributed by atoms with Crippen LogP contribution in [0, 0.1) is 0 Å². The van der Waals surface area contributed by atoms with Gasteiger partial charge in [0.1, 0.15) is 12.2 Å². The van der Waals surface area contributed by atoms with E-state index in [0.29, 0.717) is 0 Å². The third kappa shape index (κ3) is 2.43. The molecular formula is C9H10N2O4. The second kappa shape index (κ2) is 4.41. The summed E-state index contributed by atoms with van der Waals surface area (Å²) in [6, 6.07) is 4.03. The van der Waals surface area contributed by atoms with Crippen molar-refractivity contribution in [3.63, 3.8) is 0 Å². The number of methoxy groups -OCH3 is 1. The Morgan fingerprint density at radius 3 is 2.67 bits per heavy atom. The average molecular weight is 210 g/mol. The molecule has 6 nitrogen and oxygen atoms in total. The van der Waals surface area contributed by atoms with Crippen molar-refractivity contribution in [1.82, 2.24) is 4.57 Å². The van der Waals surface area contributed by atoms with Crippen molar-refractivity contribution in [2.24, 2.45) is 5.73 Å². The number of aromatic nitrogens is 1. The van der Waals surface area contributed by atoms with Crippen LogP contribution in [0.1, 0.15) is 10.5 Å². The van der Waals surface area contributed by atoms with Crippen molar-refractivity contribution in [1.29, 1.82) is 0 Å². The first-order chi connectivity index (χ1) is 7.06. The molecule has 0 fully saturated rings. The summed E-state index contributed by atoms with van der Waals surface area (Å²) in [5.74, 6) is -1.39. The first-order valence-electron chi connectivity index (χ1n) is 4.12. The Kier molecular flexibility index (Phi) is 3.22. The van der Waals surface area contributed by atoms with Crippen LogP contribution in [0.15, 0.2) is 23.0 Å². The molecule has 0 unspecified atom stereocenters. The highest BCUT2D eigenvalue weighted by atomic mass is 16.5. The lowest BCUT2D eigenvalue weighted by Crippen LogP contribution is -2.31. The van der Waals surface area contributed by atoms with E-state index in [1.165, 1.54) is 25.3 Å². The summed E-state index contributed by atoms with van der Waals surface area (Å²) < 4.78 is 5.43. The van der Waals surface area contributed by atoms with E-state index >= 15 is 0 Å². The Morgan fingerprint density at radius 1 is 1.47 bits per heavy atom. The lowest BCUT2D eigenvalue weighted by molar-refractivity contribution is -0.118. The van der Waals surface area contributed by atoms with E-state index < -0.39 is 17.4 Å². The zero-order valence-corrected chi connectivity index (χ0v) is 8.10. The van der Waals surface area contributed by atoms with Gasteiger partial charge in [0.25, 0.3) is 5.56 Å². The highest BCUT2D eigenvalue weighted by Crippen LogP contribution is 1.98. The molecule has 1 aromatic heterocycles. The SMILES string of the molecule is COC(=O)c1cccc(=O)n1CC(N)=O. The molecule has 0 saturated carbocycles. The van der Waals surface area contributed by atoms with Gasteiger partial charge in [-0.3, -0.25) is 14.2 Å². The van der Waals surface area contributed by atoms with Gasteiger partial charge in [0.15, 0.2) is 0 Å². The molecule has 2 N–H and O–H groups in total. The van der Waals surface area contributed by atoms with Gasteiger partial charge in [0, 0.05) is 6.07 Å². The molecule has 0 bridgehead atoms. The number of esters is 1. The van der Waals surface area contributed by atoms with Crippen molar-refractivity contribution in [3.8, 4) is 0 Å². The Balaban J connectivity index is 3.26. The van der Waals surface area contributed by atoms with Crippen LogP contribution in [0.4, 0.5) is 0 Å². The van der Waals surface area contributed by atoms with Gasteiger partial charge in [-0.25, -0.2) is 4.79 Å². The first-order valence-corrected chi connectivity index (χ1v) is 4.12. The molecule has 80 valence electrons. The van der Waals surface area contributed by atoms with E-state index in [1.54, 1.807) is 0 Å².